The van der Waals surface area contributed by atoms with Gasteiger partial charge in [0.05, 0.1) is 0 Å². The van der Waals surface area contributed by atoms with Gasteiger partial charge in [-0.05, 0) is 24.7 Å². The van der Waals surface area contributed by atoms with Crippen molar-refractivity contribution in [3.8, 4) is 11.1 Å². The van der Waals surface area contributed by atoms with Gasteiger partial charge in [-0.3, -0.25) is 4.79 Å². The summed E-state index contributed by atoms with van der Waals surface area (Å²) in [6.07, 6.45) is 0.266. The molecule has 0 spiro atoms. The number of nitrogens with zero attached hydrogens (tertiary/aromatic N) is 1. The summed E-state index contributed by atoms with van der Waals surface area (Å²) in [5.41, 5.74) is 3.14. The largest absolute Gasteiger partial charge is 0.325 e. The van der Waals surface area contributed by atoms with Crippen LogP contribution < -0.4 is 5.32 Å². The van der Waals surface area contributed by atoms with Gasteiger partial charge in [0.2, 0.25) is 5.91 Å². The van der Waals surface area contributed by atoms with Crippen molar-refractivity contribution in [2.75, 3.05) is 18.9 Å². The average Bonchev–Trinajstić information content (AvgIpc) is 2.70. The number of benzene rings is 3. The molecule has 0 bridgehead atoms. The highest BCUT2D eigenvalue weighted by Gasteiger charge is 2.11. The van der Waals surface area contributed by atoms with E-state index in [0.29, 0.717) is 18.7 Å². The normalized spacial score (nSPS) is 10.9. The van der Waals surface area contributed by atoms with E-state index in [9.17, 15) is 13.6 Å². The van der Waals surface area contributed by atoms with Crippen molar-refractivity contribution in [3.05, 3.63) is 90.0 Å². The Bertz CT molecular complexity index is 944. The molecule has 0 saturated heterocycles. The lowest BCUT2D eigenvalue weighted by Gasteiger charge is -2.17. The van der Waals surface area contributed by atoms with E-state index in [1.165, 1.54) is 12.1 Å². The van der Waals surface area contributed by atoms with Gasteiger partial charge in [-0.25, -0.2) is 8.78 Å². The number of amides is 1. The van der Waals surface area contributed by atoms with Crippen molar-refractivity contribution in [2.45, 2.75) is 13.0 Å². The molecule has 0 saturated carbocycles. The zero-order valence-electron chi connectivity index (χ0n) is 15.7. The van der Waals surface area contributed by atoms with Gasteiger partial charge in [-0.2, -0.15) is 0 Å². The number of para-hydroxylation sites is 1. The number of anilines is 1. The Morgan fingerprint density at radius 2 is 1.68 bits per heavy atom. The molecule has 0 unspecified atom stereocenters. The SMILES string of the molecule is CN(CCC(=O)Nc1ccccc1-c1ccccc1)Cc1ccc(F)cc1F. The Labute approximate surface area is 163 Å². The molecule has 0 aliphatic heterocycles. The first kappa shape index (κ1) is 19.7. The van der Waals surface area contributed by atoms with Gasteiger partial charge < -0.3 is 10.2 Å². The van der Waals surface area contributed by atoms with E-state index < -0.39 is 11.6 Å². The lowest BCUT2D eigenvalue weighted by Crippen LogP contribution is -2.24. The van der Waals surface area contributed by atoms with Crippen molar-refractivity contribution in [2.24, 2.45) is 0 Å². The molecule has 0 fully saturated rings. The van der Waals surface area contributed by atoms with Gasteiger partial charge >= 0.3 is 0 Å². The number of carbonyl (C=O) groups is 1. The molecule has 0 aliphatic carbocycles. The predicted molar refractivity (Wildman–Crippen MR) is 108 cm³/mol. The fraction of sp³-hybridized carbons (Fsp3) is 0.174. The van der Waals surface area contributed by atoms with E-state index in [1.807, 2.05) is 59.5 Å². The summed E-state index contributed by atoms with van der Waals surface area (Å²) in [5, 5.41) is 2.96. The molecule has 0 heterocycles. The third-order valence-corrected chi connectivity index (χ3v) is 4.46. The standard InChI is InChI=1S/C23H22F2N2O/c1-27(16-18-11-12-19(24)15-21(18)25)14-13-23(28)26-22-10-6-5-9-20(22)17-7-3-2-4-8-17/h2-12,15H,13-14,16H2,1H3,(H,26,28). The van der Waals surface area contributed by atoms with Crippen molar-refractivity contribution in [3.63, 3.8) is 0 Å². The van der Waals surface area contributed by atoms with Gasteiger partial charge in [0.25, 0.3) is 0 Å². The van der Waals surface area contributed by atoms with Crippen LogP contribution in [0.25, 0.3) is 11.1 Å². The van der Waals surface area contributed by atoms with E-state index in [2.05, 4.69) is 5.32 Å². The van der Waals surface area contributed by atoms with Crippen molar-refractivity contribution in [1.82, 2.24) is 4.90 Å². The summed E-state index contributed by atoms with van der Waals surface area (Å²) in [6, 6.07) is 21.0. The zero-order valence-corrected chi connectivity index (χ0v) is 15.7. The summed E-state index contributed by atoms with van der Waals surface area (Å²) in [5.74, 6) is -1.29. The second-order valence-electron chi connectivity index (χ2n) is 6.68. The van der Waals surface area contributed by atoms with Gasteiger partial charge in [-0.1, -0.05) is 54.6 Å². The summed E-state index contributed by atoms with van der Waals surface area (Å²) < 4.78 is 26.8. The van der Waals surface area contributed by atoms with Crippen LogP contribution in [0.15, 0.2) is 72.8 Å². The molecular formula is C23H22F2N2O. The summed E-state index contributed by atoms with van der Waals surface area (Å²) >= 11 is 0. The lowest BCUT2D eigenvalue weighted by atomic mass is 10.0. The minimum absolute atomic E-state index is 0.116. The quantitative estimate of drug-likeness (QED) is 0.619. The highest BCUT2D eigenvalue weighted by atomic mass is 19.1. The predicted octanol–water partition coefficient (Wildman–Crippen LogP) is 5.09. The van der Waals surface area contributed by atoms with Gasteiger partial charge in [0.1, 0.15) is 11.6 Å². The number of hydrogen-bond donors (Lipinski definition) is 1. The van der Waals surface area contributed by atoms with Crippen LogP contribution in [0.5, 0.6) is 0 Å². The minimum atomic E-state index is -0.597. The molecular weight excluding hydrogens is 358 g/mol. The summed E-state index contributed by atoms with van der Waals surface area (Å²) in [6.45, 7) is 0.760. The Balaban J connectivity index is 1.58. The highest BCUT2D eigenvalue weighted by Crippen LogP contribution is 2.27. The first-order valence-electron chi connectivity index (χ1n) is 9.09. The molecule has 0 radical (unpaired) electrons. The molecule has 3 rings (SSSR count). The van der Waals surface area contributed by atoms with Crippen LogP contribution >= 0.6 is 0 Å². The number of hydrogen-bond acceptors (Lipinski definition) is 2. The van der Waals surface area contributed by atoms with Crippen LogP contribution in [0.4, 0.5) is 14.5 Å². The molecule has 144 valence electrons. The third kappa shape index (κ3) is 5.24. The van der Waals surface area contributed by atoms with E-state index in [4.69, 9.17) is 0 Å². The molecule has 0 aliphatic rings. The first-order chi connectivity index (χ1) is 13.5. The second-order valence-corrected chi connectivity index (χ2v) is 6.68. The second kappa shape index (κ2) is 9.24. The highest BCUT2D eigenvalue weighted by molar-refractivity contribution is 5.95. The monoisotopic (exact) mass is 380 g/mol. The van der Waals surface area contributed by atoms with E-state index >= 15 is 0 Å². The van der Waals surface area contributed by atoms with Crippen molar-refractivity contribution >= 4 is 11.6 Å². The molecule has 28 heavy (non-hydrogen) atoms. The van der Waals surface area contributed by atoms with Crippen LogP contribution in [0.2, 0.25) is 0 Å². The Kier molecular flexibility index (Phi) is 6.50. The first-order valence-corrected chi connectivity index (χ1v) is 9.09. The smallest absolute Gasteiger partial charge is 0.225 e. The third-order valence-electron chi connectivity index (χ3n) is 4.46. The van der Waals surface area contributed by atoms with Crippen molar-refractivity contribution in [1.29, 1.82) is 0 Å². The molecule has 1 N–H and O–H groups in total. The van der Waals surface area contributed by atoms with Gasteiger partial charge in [-0.15, -0.1) is 0 Å². The fourth-order valence-corrected chi connectivity index (χ4v) is 2.99. The van der Waals surface area contributed by atoms with Crippen LogP contribution in [0.3, 0.4) is 0 Å². The van der Waals surface area contributed by atoms with E-state index in [1.54, 1.807) is 7.05 Å². The average molecular weight is 380 g/mol. The Morgan fingerprint density at radius 3 is 2.43 bits per heavy atom. The van der Waals surface area contributed by atoms with Crippen LogP contribution in [-0.4, -0.2) is 24.4 Å². The molecule has 3 aromatic rings. The Hall–Kier alpha value is -3.05. The van der Waals surface area contributed by atoms with E-state index in [0.717, 1.165) is 22.9 Å². The number of carbonyl (C=O) groups excluding carboxylic acids is 1. The van der Waals surface area contributed by atoms with Crippen LogP contribution in [-0.2, 0) is 11.3 Å². The molecule has 1 amide bonds. The zero-order chi connectivity index (χ0) is 19.9. The molecule has 3 aromatic carbocycles. The molecule has 0 atom stereocenters. The maximum Gasteiger partial charge on any atom is 0.225 e. The van der Waals surface area contributed by atoms with Gasteiger partial charge in [0, 0.05) is 42.4 Å². The topological polar surface area (TPSA) is 32.3 Å². The number of halogens is 2. The van der Waals surface area contributed by atoms with Crippen LogP contribution in [0.1, 0.15) is 12.0 Å². The number of nitrogens with one attached hydrogen (secondary N) is 1. The molecule has 5 heteroatoms. The maximum absolute atomic E-state index is 13.8. The minimum Gasteiger partial charge on any atom is -0.325 e. The number of rotatable bonds is 7. The molecule has 0 aromatic heterocycles. The summed E-state index contributed by atoms with van der Waals surface area (Å²) in [4.78, 5) is 14.2. The molecule has 3 nitrogen and oxygen atoms in total. The fourth-order valence-electron chi connectivity index (χ4n) is 2.99. The summed E-state index contributed by atoms with van der Waals surface area (Å²) in [7, 11) is 1.80. The maximum atomic E-state index is 13.8. The van der Waals surface area contributed by atoms with Crippen molar-refractivity contribution < 1.29 is 13.6 Å². The lowest BCUT2D eigenvalue weighted by molar-refractivity contribution is -0.116. The van der Waals surface area contributed by atoms with Gasteiger partial charge in [0.15, 0.2) is 0 Å². The van der Waals surface area contributed by atoms with Crippen LogP contribution in [0, 0.1) is 11.6 Å². The Morgan fingerprint density at radius 1 is 0.964 bits per heavy atom. The van der Waals surface area contributed by atoms with E-state index in [-0.39, 0.29) is 12.3 Å².